The maximum Gasteiger partial charge on any atom is 0.129 e. The molecule has 2 aromatic heterocycles. The van der Waals surface area contributed by atoms with E-state index < -0.39 is 0 Å². The van der Waals surface area contributed by atoms with Crippen LogP contribution in [0.4, 0.5) is 0 Å². The summed E-state index contributed by atoms with van der Waals surface area (Å²) in [4.78, 5) is 2.91. The van der Waals surface area contributed by atoms with Gasteiger partial charge < -0.3 is 14.5 Å². The summed E-state index contributed by atoms with van der Waals surface area (Å²) in [5, 5.41) is 3.55. The fraction of sp³-hybridized carbons (Fsp3) is 0.500. The van der Waals surface area contributed by atoms with Crippen molar-refractivity contribution in [1.82, 2.24) is 5.32 Å². The summed E-state index contributed by atoms with van der Waals surface area (Å²) >= 11 is 3.96. The van der Waals surface area contributed by atoms with Gasteiger partial charge >= 0.3 is 0 Å². The molecule has 0 radical (unpaired) electrons. The number of hydrogen-bond donors (Lipinski definition) is 1. The van der Waals surface area contributed by atoms with E-state index in [-0.39, 0.29) is 6.04 Å². The summed E-state index contributed by atoms with van der Waals surface area (Å²) in [6, 6.07) is 6.58. The monoisotopic (exact) mass is 323 g/mol. The highest BCUT2D eigenvalue weighted by molar-refractivity contribution is 7.98. The summed E-state index contributed by atoms with van der Waals surface area (Å²) in [6.07, 6.45) is 1.20. The quantitative estimate of drug-likeness (QED) is 0.872. The zero-order chi connectivity index (χ0) is 14.7. The number of thioether (sulfide) groups is 1. The molecule has 21 heavy (non-hydrogen) atoms. The maximum atomic E-state index is 5.94. The van der Waals surface area contributed by atoms with Gasteiger partial charge in [-0.1, -0.05) is 6.92 Å². The molecular formula is C16H21NO2S2. The van der Waals surface area contributed by atoms with Gasteiger partial charge in [0.15, 0.2) is 0 Å². The lowest BCUT2D eigenvalue weighted by Gasteiger charge is -2.13. The van der Waals surface area contributed by atoms with E-state index in [1.807, 2.05) is 29.2 Å². The SMILES string of the molecule is CCNC(c1ccc(COC)o1)c1cc2c(s1)CCSC2. The topological polar surface area (TPSA) is 34.4 Å². The largest absolute Gasteiger partial charge is 0.462 e. The van der Waals surface area contributed by atoms with Crippen molar-refractivity contribution in [1.29, 1.82) is 0 Å². The molecule has 0 bridgehead atoms. The molecule has 3 heterocycles. The fourth-order valence-electron chi connectivity index (χ4n) is 2.63. The normalized spacial score (nSPS) is 15.9. The van der Waals surface area contributed by atoms with Crippen molar-refractivity contribution in [3.63, 3.8) is 0 Å². The van der Waals surface area contributed by atoms with E-state index in [1.165, 1.54) is 22.6 Å². The Hall–Kier alpha value is -0.750. The summed E-state index contributed by atoms with van der Waals surface area (Å²) < 4.78 is 11.1. The molecule has 1 atom stereocenters. The van der Waals surface area contributed by atoms with E-state index in [0.717, 1.165) is 23.8 Å². The average molecular weight is 323 g/mol. The predicted molar refractivity (Wildman–Crippen MR) is 89.1 cm³/mol. The minimum absolute atomic E-state index is 0.154. The lowest BCUT2D eigenvalue weighted by molar-refractivity contribution is 0.162. The third-order valence-electron chi connectivity index (χ3n) is 3.59. The first-order valence-electron chi connectivity index (χ1n) is 7.32. The molecule has 3 nitrogen and oxygen atoms in total. The van der Waals surface area contributed by atoms with Crippen LogP contribution in [-0.4, -0.2) is 19.4 Å². The van der Waals surface area contributed by atoms with E-state index in [1.54, 1.807) is 12.0 Å². The lowest BCUT2D eigenvalue weighted by Crippen LogP contribution is -2.20. The van der Waals surface area contributed by atoms with Crippen LogP contribution >= 0.6 is 23.1 Å². The average Bonchev–Trinajstić information content (AvgIpc) is 3.11. The van der Waals surface area contributed by atoms with Crippen molar-refractivity contribution in [3.05, 3.63) is 45.0 Å². The third-order valence-corrected chi connectivity index (χ3v) is 5.90. The molecule has 0 fully saturated rings. The zero-order valence-electron chi connectivity index (χ0n) is 12.5. The van der Waals surface area contributed by atoms with Gasteiger partial charge in [0.2, 0.25) is 0 Å². The Morgan fingerprint density at radius 2 is 2.33 bits per heavy atom. The molecule has 2 aromatic rings. The molecular weight excluding hydrogens is 302 g/mol. The highest BCUT2D eigenvalue weighted by Crippen LogP contribution is 2.36. The first kappa shape index (κ1) is 15.2. The smallest absolute Gasteiger partial charge is 0.129 e. The van der Waals surface area contributed by atoms with Crippen LogP contribution in [0.15, 0.2) is 22.6 Å². The highest BCUT2D eigenvalue weighted by atomic mass is 32.2. The summed E-state index contributed by atoms with van der Waals surface area (Å²) in [7, 11) is 1.69. The van der Waals surface area contributed by atoms with Crippen molar-refractivity contribution in [2.75, 3.05) is 19.4 Å². The number of aryl methyl sites for hydroxylation is 1. The van der Waals surface area contributed by atoms with Crippen LogP contribution in [0.2, 0.25) is 0 Å². The molecule has 0 saturated heterocycles. The van der Waals surface area contributed by atoms with Gasteiger partial charge in [-0.2, -0.15) is 11.8 Å². The van der Waals surface area contributed by atoms with Crippen molar-refractivity contribution in [2.45, 2.75) is 31.7 Å². The van der Waals surface area contributed by atoms with Gasteiger partial charge in [-0.15, -0.1) is 11.3 Å². The first-order chi connectivity index (χ1) is 10.3. The number of furan rings is 1. The Morgan fingerprint density at radius 3 is 3.10 bits per heavy atom. The van der Waals surface area contributed by atoms with E-state index in [0.29, 0.717) is 6.61 Å². The van der Waals surface area contributed by atoms with Gasteiger partial charge in [0.05, 0.1) is 0 Å². The number of hydrogen-bond acceptors (Lipinski definition) is 5. The molecule has 1 unspecified atom stereocenters. The van der Waals surface area contributed by atoms with Gasteiger partial charge in [-0.3, -0.25) is 0 Å². The molecule has 0 amide bonds. The van der Waals surface area contributed by atoms with Gasteiger partial charge in [0.25, 0.3) is 0 Å². The Balaban J connectivity index is 1.87. The number of ether oxygens (including phenoxy) is 1. The van der Waals surface area contributed by atoms with E-state index in [9.17, 15) is 0 Å². The van der Waals surface area contributed by atoms with Gasteiger partial charge in [-0.25, -0.2) is 0 Å². The minimum atomic E-state index is 0.154. The van der Waals surface area contributed by atoms with Gasteiger partial charge in [0, 0.05) is 22.6 Å². The second-order valence-corrected chi connectivity index (χ2v) is 7.40. The summed E-state index contributed by atoms with van der Waals surface area (Å²) in [5.74, 6) is 4.26. The van der Waals surface area contributed by atoms with Crippen LogP contribution in [-0.2, 0) is 23.5 Å². The fourth-order valence-corrected chi connectivity index (χ4v) is 5.09. The van der Waals surface area contributed by atoms with Crippen molar-refractivity contribution in [2.24, 2.45) is 0 Å². The van der Waals surface area contributed by atoms with Gasteiger partial charge in [0.1, 0.15) is 24.2 Å². The maximum absolute atomic E-state index is 5.94. The molecule has 0 aromatic carbocycles. The molecule has 3 rings (SSSR count). The van der Waals surface area contributed by atoms with Crippen LogP contribution < -0.4 is 5.32 Å². The number of fused-ring (bicyclic) bond motifs is 1. The first-order valence-corrected chi connectivity index (χ1v) is 9.29. The standard InChI is InChI=1S/C16H21NO2S2/c1-3-17-16(13-5-4-12(19-13)9-18-2)15-8-11-10-20-7-6-14(11)21-15/h4-5,8,16-17H,3,6-7,9-10H2,1-2H3. The number of rotatable bonds is 6. The molecule has 5 heteroatoms. The van der Waals surface area contributed by atoms with E-state index in [2.05, 4.69) is 24.4 Å². The Kier molecular flexibility index (Phi) is 5.06. The van der Waals surface area contributed by atoms with E-state index >= 15 is 0 Å². The predicted octanol–water partition coefficient (Wildman–Crippen LogP) is 3.98. The molecule has 0 spiro atoms. The molecule has 1 aliphatic heterocycles. The molecule has 1 aliphatic rings. The Labute approximate surface area is 134 Å². The third kappa shape index (κ3) is 3.37. The highest BCUT2D eigenvalue weighted by Gasteiger charge is 2.22. The van der Waals surface area contributed by atoms with E-state index in [4.69, 9.17) is 9.15 Å². The second kappa shape index (κ2) is 7.01. The van der Waals surface area contributed by atoms with Crippen LogP contribution in [0.25, 0.3) is 0 Å². The molecule has 0 aliphatic carbocycles. The zero-order valence-corrected chi connectivity index (χ0v) is 14.1. The van der Waals surface area contributed by atoms with Crippen molar-refractivity contribution < 1.29 is 9.15 Å². The molecule has 114 valence electrons. The molecule has 0 saturated carbocycles. The van der Waals surface area contributed by atoms with Gasteiger partial charge in [-0.05, 0) is 42.5 Å². The van der Waals surface area contributed by atoms with Crippen LogP contribution in [0.3, 0.4) is 0 Å². The van der Waals surface area contributed by atoms with Crippen LogP contribution in [0, 0.1) is 0 Å². The Bertz CT molecular complexity index is 567. The molecule has 1 N–H and O–H groups in total. The van der Waals surface area contributed by atoms with Crippen molar-refractivity contribution >= 4 is 23.1 Å². The number of methoxy groups -OCH3 is 1. The minimum Gasteiger partial charge on any atom is -0.462 e. The Morgan fingerprint density at radius 1 is 1.43 bits per heavy atom. The summed E-state index contributed by atoms with van der Waals surface area (Å²) in [5.41, 5.74) is 1.51. The number of nitrogens with one attached hydrogen (secondary N) is 1. The lowest BCUT2D eigenvalue weighted by atomic mass is 10.1. The van der Waals surface area contributed by atoms with Crippen molar-refractivity contribution in [3.8, 4) is 0 Å². The second-order valence-electron chi connectivity index (χ2n) is 5.13. The van der Waals surface area contributed by atoms with Crippen LogP contribution in [0.5, 0.6) is 0 Å². The number of thiophene rings is 1. The summed E-state index contributed by atoms with van der Waals surface area (Å²) in [6.45, 7) is 3.58. The van der Waals surface area contributed by atoms with Crippen LogP contribution in [0.1, 0.15) is 39.8 Å².